The molecular formula is C20H27N5O2. The molecule has 2 saturated heterocycles. The second-order valence-corrected chi connectivity index (χ2v) is 7.50. The zero-order chi connectivity index (χ0) is 18.6. The highest BCUT2D eigenvalue weighted by Gasteiger charge is 2.30. The number of nitrogens with zero attached hydrogens (tertiary/aromatic N) is 4. The Hall–Kier alpha value is -2.25. The number of hydrogen-bond donors (Lipinski definition) is 1. The van der Waals surface area contributed by atoms with Crippen molar-refractivity contribution in [2.75, 3.05) is 45.8 Å². The van der Waals surface area contributed by atoms with Gasteiger partial charge < -0.3 is 14.7 Å². The van der Waals surface area contributed by atoms with E-state index in [1.54, 1.807) is 0 Å². The normalized spacial score (nSPS) is 18.5. The molecule has 0 saturated carbocycles. The molecule has 0 bridgehead atoms. The van der Waals surface area contributed by atoms with E-state index in [9.17, 15) is 4.79 Å². The summed E-state index contributed by atoms with van der Waals surface area (Å²) in [6.45, 7) is 8.32. The number of nitrogens with one attached hydrogen (secondary N) is 1. The van der Waals surface area contributed by atoms with Crippen LogP contribution in [0.1, 0.15) is 17.9 Å². The van der Waals surface area contributed by atoms with E-state index in [2.05, 4.69) is 39.4 Å². The van der Waals surface area contributed by atoms with Gasteiger partial charge in [-0.05, 0) is 19.9 Å². The summed E-state index contributed by atoms with van der Waals surface area (Å²) >= 11 is 0. The van der Waals surface area contributed by atoms with Crippen LogP contribution in [0.15, 0.2) is 28.8 Å². The van der Waals surface area contributed by atoms with Gasteiger partial charge >= 0.3 is 0 Å². The van der Waals surface area contributed by atoms with Gasteiger partial charge in [0.1, 0.15) is 0 Å². The van der Waals surface area contributed by atoms with E-state index in [-0.39, 0.29) is 5.92 Å². The first-order chi connectivity index (χ1) is 13.2. The predicted molar refractivity (Wildman–Crippen MR) is 102 cm³/mol. The van der Waals surface area contributed by atoms with Crippen molar-refractivity contribution in [2.45, 2.75) is 19.8 Å². The van der Waals surface area contributed by atoms with Gasteiger partial charge in [-0.3, -0.25) is 9.69 Å². The minimum Gasteiger partial charge on any atom is -0.340 e. The van der Waals surface area contributed by atoms with E-state index < -0.39 is 0 Å². The molecule has 0 spiro atoms. The van der Waals surface area contributed by atoms with Gasteiger partial charge in [0.15, 0.2) is 0 Å². The fourth-order valence-corrected chi connectivity index (χ4v) is 3.54. The monoisotopic (exact) mass is 369 g/mol. The number of piperazine rings is 1. The molecule has 2 fully saturated rings. The molecule has 2 aliphatic rings. The molecule has 1 aromatic carbocycles. The van der Waals surface area contributed by atoms with Crippen molar-refractivity contribution in [3.05, 3.63) is 35.7 Å². The lowest BCUT2D eigenvalue weighted by atomic mass is 10.0. The topological polar surface area (TPSA) is 74.5 Å². The number of amides is 1. The highest BCUT2D eigenvalue weighted by atomic mass is 16.5. The van der Waals surface area contributed by atoms with Gasteiger partial charge in [-0.2, -0.15) is 4.98 Å². The third-order valence-corrected chi connectivity index (χ3v) is 5.46. The minimum absolute atomic E-state index is 0.205. The van der Waals surface area contributed by atoms with Crippen molar-refractivity contribution in [3.8, 4) is 11.4 Å². The average Bonchev–Trinajstić information content (AvgIpc) is 3.10. The zero-order valence-electron chi connectivity index (χ0n) is 15.9. The Balaban J connectivity index is 1.19. The summed E-state index contributed by atoms with van der Waals surface area (Å²) in [7, 11) is 0. The zero-order valence-corrected chi connectivity index (χ0v) is 15.9. The fraction of sp³-hybridized carbons (Fsp3) is 0.550. The van der Waals surface area contributed by atoms with Gasteiger partial charge in [0.2, 0.25) is 17.6 Å². The van der Waals surface area contributed by atoms with Crippen molar-refractivity contribution in [1.29, 1.82) is 0 Å². The number of aromatic nitrogens is 2. The SMILES string of the molecule is Cc1ccc(-c2noc(CCCN3CCN(C(=O)C4CNC4)CC3)n2)cc1. The summed E-state index contributed by atoms with van der Waals surface area (Å²) < 4.78 is 5.39. The van der Waals surface area contributed by atoms with E-state index in [0.717, 1.165) is 64.2 Å². The Bertz CT molecular complexity index is 761. The van der Waals surface area contributed by atoms with E-state index in [1.807, 2.05) is 17.0 Å². The standard InChI is InChI=1S/C20H27N5O2/c1-15-4-6-16(7-5-15)19-22-18(27-23-19)3-2-8-24-9-11-25(12-10-24)20(26)17-13-21-14-17/h4-7,17,21H,2-3,8-14H2,1H3. The number of carbonyl (C=O) groups excluding carboxylic acids is 1. The third-order valence-electron chi connectivity index (χ3n) is 5.46. The Morgan fingerprint density at radius 3 is 2.59 bits per heavy atom. The summed E-state index contributed by atoms with van der Waals surface area (Å²) in [4.78, 5) is 21.2. The summed E-state index contributed by atoms with van der Waals surface area (Å²) in [5.74, 6) is 1.87. The molecule has 1 aromatic heterocycles. The highest BCUT2D eigenvalue weighted by molar-refractivity contribution is 5.80. The van der Waals surface area contributed by atoms with Crippen LogP contribution < -0.4 is 5.32 Å². The first-order valence-electron chi connectivity index (χ1n) is 9.80. The lowest BCUT2D eigenvalue weighted by molar-refractivity contribution is -0.138. The molecular weight excluding hydrogens is 342 g/mol. The fourth-order valence-electron chi connectivity index (χ4n) is 3.54. The van der Waals surface area contributed by atoms with E-state index in [1.165, 1.54) is 5.56 Å². The Kier molecular flexibility index (Phi) is 5.50. The van der Waals surface area contributed by atoms with Crippen LogP contribution in [0, 0.1) is 12.8 Å². The van der Waals surface area contributed by atoms with Crippen LogP contribution in [0.3, 0.4) is 0 Å². The quantitative estimate of drug-likeness (QED) is 0.828. The van der Waals surface area contributed by atoms with Crippen molar-refractivity contribution < 1.29 is 9.32 Å². The van der Waals surface area contributed by atoms with Crippen LogP contribution >= 0.6 is 0 Å². The number of hydrogen-bond acceptors (Lipinski definition) is 6. The smallest absolute Gasteiger partial charge is 0.228 e. The Morgan fingerprint density at radius 1 is 1.19 bits per heavy atom. The summed E-state index contributed by atoms with van der Waals surface area (Å²) in [6.07, 6.45) is 1.77. The number of aryl methyl sites for hydroxylation is 2. The molecule has 0 unspecified atom stereocenters. The maximum Gasteiger partial charge on any atom is 0.228 e. The van der Waals surface area contributed by atoms with Crippen molar-refractivity contribution in [2.24, 2.45) is 5.92 Å². The third kappa shape index (κ3) is 4.36. The lowest BCUT2D eigenvalue weighted by Gasteiger charge is -2.38. The predicted octanol–water partition coefficient (Wildman–Crippen LogP) is 1.34. The molecule has 3 heterocycles. The van der Waals surface area contributed by atoms with Gasteiger partial charge in [-0.25, -0.2) is 0 Å². The molecule has 4 rings (SSSR count). The molecule has 0 atom stereocenters. The minimum atomic E-state index is 0.205. The van der Waals surface area contributed by atoms with Crippen molar-refractivity contribution in [1.82, 2.24) is 25.3 Å². The van der Waals surface area contributed by atoms with Crippen LogP contribution in [-0.4, -0.2) is 71.7 Å². The molecule has 27 heavy (non-hydrogen) atoms. The number of benzene rings is 1. The highest BCUT2D eigenvalue weighted by Crippen LogP contribution is 2.17. The maximum atomic E-state index is 12.3. The van der Waals surface area contributed by atoms with Crippen molar-refractivity contribution >= 4 is 5.91 Å². The first kappa shape index (κ1) is 18.1. The van der Waals surface area contributed by atoms with Gasteiger partial charge in [0.05, 0.1) is 5.92 Å². The van der Waals surface area contributed by atoms with Crippen molar-refractivity contribution in [3.63, 3.8) is 0 Å². The molecule has 0 radical (unpaired) electrons. The molecule has 2 aromatic rings. The number of rotatable bonds is 6. The maximum absolute atomic E-state index is 12.3. The second kappa shape index (κ2) is 8.19. The van der Waals surface area contributed by atoms with E-state index >= 15 is 0 Å². The molecule has 7 heteroatoms. The Labute approximate surface area is 159 Å². The Morgan fingerprint density at radius 2 is 1.93 bits per heavy atom. The van der Waals surface area contributed by atoms with Gasteiger partial charge in [-0.1, -0.05) is 35.0 Å². The summed E-state index contributed by atoms with van der Waals surface area (Å²) in [6, 6.07) is 8.14. The van der Waals surface area contributed by atoms with Gasteiger partial charge in [0, 0.05) is 51.3 Å². The van der Waals surface area contributed by atoms with Gasteiger partial charge in [0.25, 0.3) is 0 Å². The summed E-state index contributed by atoms with van der Waals surface area (Å²) in [5, 5.41) is 7.26. The first-order valence-corrected chi connectivity index (χ1v) is 9.80. The van der Waals surface area contributed by atoms with Crippen LogP contribution in [0.5, 0.6) is 0 Å². The largest absolute Gasteiger partial charge is 0.340 e. The van der Waals surface area contributed by atoms with E-state index in [4.69, 9.17) is 4.52 Å². The van der Waals surface area contributed by atoms with Crippen LogP contribution in [0.2, 0.25) is 0 Å². The molecule has 1 N–H and O–H groups in total. The van der Waals surface area contributed by atoms with Gasteiger partial charge in [-0.15, -0.1) is 0 Å². The molecule has 0 aliphatic carbocycles. The summed E-state index contributed by atoms with van der Waals surface area (Å²) in [5.41, 5.74) is 2.20. The number of carbonyl (C=O) groups is 1. The lowest BCUT2D eigenvalue weighted by Crippen LogP contribution is -2.56. The second-order valence-electron chi connectivity index (χ2n) is 7.50. The molecule has 7 nitrogen and oxygen atoms in total. The molecule has 144 valence electrons. The van der Waals surface area contributed by atoms with E-state index in [0.29, 0.717) is 17.6 Å². The molecule has 1 amide bonds. The average molecular weight is 369 g/mol. The van der Waals surface area contributed by atoms with Crippen LogP contribution in [0.4, 0.5) is 0 Å². The van der Waals surface area contributed by atoms with Crippen LogP contribution in [-0.2, 0) is 11.2 Å². The molecule has 2 aliphatic heterocycles. The van der Waals surface area contributed by atoms with Crippen LogP contribution in [0.25, 0.3) is 11.4 Å².